The minimum Gasteiger partial charge on any atom is -0.358 e. The molecule has 0 aliphatic carbocycles. The van der Waals surface area contributed by atoms with E-state index in [0.29, 0.717) is 22.5 Å². The van der Waals surface area contributed by atoms with E-state index in [1.165, 1.54) is 5.56 Å². The Morgan fingerprint density at radius 2 is 1.94 bits per heavy atom. The molecule has 1 aromatic heterocycles. The standard InChI is InChI=1S/C13H12ClN3S/c14-11-6-7-12(15-9-11)17-13(18)16-8-10-4-2-1-3-5-10/h1-7,9H,8H2,(H2,15,16,17,18). The number of rotatable bonds is 3. The molecule has 0 saturated carbocycles. The second kappa shape index (κ2) is 6.33. The fourth-order valence-electron chi connectivity index (χ4n) is 1.39. The summed E-state index contributed by atoms with van der Waals surface area (Å²) >= 11 is 10.9. The van der Waals surface area contributed by atoms with Gasteiger partial charge >= 0.3 is 0 Å². The summed E-state index contributed by atoms with van der Waals surface area (Å²) in [4.78, 5) is 4.10. The van der Waals surface area contributed by atoms with E-state index < -0.39 is 0 Å². The van der Waals surface area contributed by atoms with Gasteiger partial charge in [-0.2, -0.15) is 0 Å². The summed E-state index contributed by atoms with van der Waals surface area (Å²) in [6.45, 7) is 0.681. The molecule has 3 nitrogen and oxygen atoms in total. The monoisotopic (exact) mass is 277 g/mol. The van der Waals surface area contributed by atoms with Gasteiger partial charge in [0.05, 0.1) is 5.02 Å². The molecule has 1 heterocycles. The van der Waals surface area contributed by atoms with Gasteiger partial charge in [-0.1, -0.05) is 41.9 Å². The second-order valence-corrected chi connectivity index (χ2v) is 4.50. The molecular weight excluding hydrogens is 266 g/mol. The van der Waals surface area contributed by atoms with Gasteiger partial charge in [0.1, 0.15) is 5.82 Å². The van der Waals surface area contributed by atoms with Crippen LogP contribution in [0.4, 0.5) is 5.82 Å². The number of halogens is 1. The Labute approximate surface area is 116 Å². The maximum Gasteiger partial charge on any atom is 0.172 e. The van der Waals surface area contributed by atoms with Crippen LogP contribution in [0.25, 0.3) is 0 Å². The van der Waals surface area contributed by atoms with E-state index in [1.54, 1.807) is 18.3 Å². The predicted molar refractivity (Wildman–Crippen MR) is 78.7 cm³/mol. The number of aromatic nitrogens is 1. The molecule has 0 atom stereocenters. The maximum absolute atomic E-state index is 5.75. The highest BCUT2D eigenvalue weighted by Crippen LogP contribution is 2.09. The smallest absolute Gasteiger partial charge is 0.172 e. The molecule has 0 spiro atoms. The summed E-state index contributed by atoms with van der Waals surface area (Å²) < 4.78 is 0. The van der Waals surface area contributed by atoms with Crippen LogP contribution in [-0.2, 0) is 6.54 Å². The summed E-state index contributed by atoms with van der Waals surface area (Å²) in [6, 6.07) is 13.6. The van der Waals surface area contributed by atoms with Crippen LogP contribution in [0.3, 0.4) is 0 Å². The third-order valence-corrected chi connectivity index (χ3v) is 2.73. The van der Waals surface area contributed by atoms with Gasteiger partial charge in [0.25, 0.3) is 0 Å². The van der Waals surface area contributed by atoms with E-state index in [9.17, 15) is 0 Å². The summed E-state index contributed by atoms with van der Waals surface area (Å²) in [6.07, 6.45) is 1.57. The topological polar surface area (TPSA) is 37.0 Å². The van der Waals surface area contributed by atoms with Crippen LogP contribution in [0.2, 0.25) is 5.02 Å². The van der Waals surface area contributed by atoms with Crippen LogP contribution in [0, 0.1) is 0 Å². The van der Waals surface area contributed by atoms with Crippen molar-refractivity contribution in [1.29, 1.82) is 0 Å². The second-order valence-electron chi connectivity index (χ2n) is 3.65. The lowest BCUT2D eigenvalue weighted by molar-refractivity contribution is 0.925. The predicted octanol–water partition coefficient (Wildman–Crippen LogP) is 3.22. The van der Waals surface area contributed by atoms with Crippen LogP contribution >= 0.6 is 23.8 Å². The van der Waals surface area contributed by atoms with E-state index in [1.807, 2.05) is 30.3 Å². The summed E-state index contributed by atoms with van der Waals surface area (Å²) in [5, 5.41) is 7.24. The first-order chi connectivity index (χ1) is 8.74. The lowest BCUT2D eigenvalue weighted by Gasteiger charge is -2.09. The Morgan fingerprint density at radius 3 is 2.61 bits per heavy atom. The van der Waals surface area contributed by atoms with Gasteiger partial charge in [-0.3, -0.25) is 0 Å². The average molecular weight is 278 g/mol. The molecule has 0 aliphatic rings. The van der Waals surface area contributed by atoms with Crippen molar-refractivity contribution in [1.82, 2.24) is 10.3 Å². The van der Waals surface area contributed by atoms with Crippen molar-refractivity contribution in [3.05, 3.63) is 59.2 Å². The molecule has 0 bridgehead atoms. The third-order valence-electron chi connectivity index (χ3n) is 2.26. The SMILES string of the molecule is S=C(NCc1ccccc1)Nc1ccc(Cl)cn1. The lowest BCUT2D eigenvalue weighted by Crippen LogP contribution is -2.28. The van der Waals surface area contributed by atoms with Crippen molar-refractivity contribution in [2.45, 2.75) is 6.54 Å². The molecule has 2 rings (SSSR count). The first-order valence-electron chi connectivity index (χ1n) is 5.44. The first kappa shape index (κ1) is 12.8. The Morgan fingerprint density at radius 1 is 1.17 bits per heavy atom. The zero-order valence-electron chi connectivity index (χ0n) is 9.56. The molecule has 2 N–H and O–H groups in total. The van der Waals surface area contributed by atoms with Crippen molar-refractivity contribution in [2.24, 2.45) is 0 Å². The van der Waals surface area contributed by atoms with E-state index in [4.69, 9.17) is 23.8 Å². The molecule has 0 amide bonds. The van der Waals surface area contributed by atoms with E-state index >= 15 is 0 Å². The summed E-state index contributed by atoms with van der Waals surface area (Å²) in [5.74, 6) is 0.671. The molecule has 18 heavy (non-hydrogen) atoms. The van der Waals surface area contributed by atoms with Crippen LogP contribution in [-0.4, -0.2) is 10.1 Å². The van der Waals surface area contributed by atoms with Gasteiger partial charge in [0.15, 0.2) is 5.11 Å². The Kier molecular flexibility index (Phi) is 4.50. The number of nitrogens with zero attached hydrogens (tertiary/aromatic N) is 1. The summed E-state index contributed by atoms with van der Waals surface area (Å²) in [5.41, 5.74) is 1.17. The largest absolute Gasteiger partial charge is 0.358 e. The highest BCUT2D eigenvalue weighted by Gasteiger charge is 1.98. The molecule has 5 heteroatoms. The van der Waals surface area contributed by atoms with Crippen molar-refractivity contribution in [3.8, 4) is 0 Å². The highest BCUT2D eigenvalue weighted by molar-refractivity contribution is 7.80. The fourth-order valence-corrected chi connectivity index (χ4v) is 1.68. The zero-order chi connectivity index (χ0) is 12.8. The highest BCUT2D eigenvalue weighted by atomic mass is 35.5. The van der Waals surface area contributed by atoms with Crippen molar-refractivity contribution >= 4 is 34.7 Å². The Bertz CT molecular complexity index is 514. The molecule has 2 aromatic rings. The van der Waals surface area contributed by atoms with Gasteiger partial charge in [-0.15, -0.1) is 0 Å². The van der Waals surface area contributed by atoms with Crippen LogP contribution in [0.5, 0.6) is 0 Å². The number of nitrogens with one attached hydrogen (secondary N) is 2. The normalized spacial score (nSPS) is 9.83. The number of pyridine rings is 1. The molecule has 0 radical (unpaired) electrons. The zero-order valence-corrected chi connectivity index (χ0v) is 11.1. The molecule has 0 fully saturated rings. The maximum atomic E-state index is 5.75. The van der Waals surface area contributed by atoms with Gasteiger partial charge in [-0.25, -0.2) is 4.98 Å². The molecule has 0 unspecified atom stereocenters. The lowest BCUT2D eigenvalue weighted by atomic mass is 10.2. The van der Waals surface area contributed by atoms with Gasteiger partial charge in [-0.05, 0) is 29.9 Å². The molecule has 0 aliphatic heterocycles. The van der Waals surface area contributed by atoms with Gasteiger partial charge < -0.3 is 10.6 Å². The quantitative estimate of drug-likeness (QED) is 0.845. The molecule has 0 saturated heterocycles. The van der Waals surface area contributed by atoms with Gasteiger partial charge in [0, 0.05) is 12.7 Å². The summed E-state index contributed by atoms with van der Waals surface area (Å²) in [7, 11) is 0. The van der Waals surface area contributed by atoms with Crippen molar-refractivity contribution < 1.29 is 0 Å². The first-order valence-corrected chi connectivity index (χ1v) is 6.23. The van der Waals surface area contributed by atoms with Crippen molar-refractivity contribution in [2.75, 3.05) is 5.32 Å². The van der Waals surface area contributed by atoms with E-state index in [0.717, 1.165) is 0 Å². The molecule has 92 valence electrons. The minimum absolute atomic E-state index is 0.536. The molecular formula is C13H12ClN3S. The number of hydrogen-bond donors (Lipinski definition) is 2. The average Bonchev–Trinajstić information content (AvgIpc) is 2.40. The Balaban J connectivity index is 1.84. The van der Waals surface area contributed by atoms with Crippen LogP contribution in [0.15, 0.2) is 48.7 Å². The Hall–Kier alpha value is -1.65. The van der Waals surface area contributed by atoms with E-state index in [2.05, 4.69) is 15.6 Å². The number of hydrogen-bond acceptors (Lipinski definition) is 2. The number of benzene rings is 1. The van der Waals surface area contributed by atoms with Gasteiger partial charge in [0.2, 0.25) is 0 Å². The fraction of sp³-hybridized carbons (Fsp3) is 0.0769. The third kappa shape index (κ3) is 3.98. The van der Waals surface area contributed by atoms with Crippen molar-refractivity contribution in [3.63, 3.8) is 0 Å². The molecule has 1 aromatic carbocycles. The van der Waals surface area contributed by atoms with Crippen LogP contribution < -0.4 is 10.6 Å². The van der Waals surface area contributed by atoms with E-state index in [-0.39, 0.29) is 0 Å². The van der Waals surface area contributed by atoms with Crippen LogP contribution in [0.1, 0.15) is 5.56 Å². The minimum atomic E-state index is 0.536. The number of thiocarbonyl (C=S) groups is 1. The number of anilines is 1.